The van der Waals surface area contributed by atoms with Crippen molar-refractivity contribution < 1.29 is 9.63 Å². The number of aromatic nitrogens is 1. The van der Waals surface area contributed by atoms with E-state index in [2.05, 4.69) is 34.7 Å². The highest BCUT2D eigenvalue weighted by Gasteiger charge is 2.42. The lowest BCUT2D eigenvalue weighted by atomic mass is 10.1. The molecule has 0 N–H and O–H groups in total. The van der Waals surface area contributed by atoms with Crippen LogP contribution in [0.25, 0.3) is 0 Å². The third kappa shape index (κ3) is 2.64. The molecule has 0 unspecified atom stereocenters. The average Bonchev–Trinajstić information content (AvgIpc) is 3.09. The number of fused-ring (bicyclic) bond motifs is 2. The SMILES string of the molecule is CCN1CC(C)=CC2=C1N1CN(OC)C=C1C(=O)N2Cc1ccncc1. The number of rotatable bonds is 4. The minimum atomic E-state index is -0.0119. The molecule has 3 aliphatic heterocycles. The van der Waals surface area contributed by atoms with Gasteiger partial charge in [-0.3, -0.25) is 24.4 Å². The van der Waals surface area contributed by atoms with Gasteiger partial charge in [-0.25, -0.2) is 5.06 Å². The van der Waals surface area contributed by atoms with Crippen LogP contribution in [0.15, 0.2) is 59.6 Å². The van der Waals surface area contributed by atoms with Crippen LogP contribution in [0.2, 0.25) is 0 Å². The van der Waals surface area contributed by atoms with E-state index in [1.165, 1.54) is 5.57 Å². The second-order valence-corrected chi connectivity index (χ2v) is 6.64. The maximum Gasteiger partial charge on any atom is 0.277 e. The normalized spacial score (nSPS) is 19.6. The van der Waals surface area contributed by atoms with Crippen LogP contribution in [0.3, 0.4) is 0 Å². The Morgan fingerprint density at radius 3 is 2.73 bits per heavy atom. The number of hydroxylamine groups is 2. The highest BCUT2D eigenvalue weighted by Crippen LogP contribution is 2.37. The van der Waals surface area contributed by atoms with Crippen LogP contribution in [0.1, 0.15) is 19.4 Å². The molecule has 0 aromatic carbocycles. The molecule has 0 radical (unpaired) electrons. The summed E-state index contributed by atoms with van der Waals surface area (Å²) in [5.74, 6) is 1.06. The third-order valence-electron chi connectivity index (χ3n) is 4.91. The zero-order chi connectivity index (χ0) is 18.3. The molecule has 7 nitrogen and oxygen atoms in total. The smallest absolute Gasteiger partial charge is 0.277 e. The number of nitrogens with zero attached hydrogens (tertiary/aromatic N) is 5. The summed E-state index contributed by atoms with van der Waals surface area (Å²) < 4.78 is 0. The number of hydrogen-bond donors (Lipinski definition) is 0. The lowest BCUT2D eigenvalue weighted by Crippen LogP contribution is -2.49. The van der Waals surface area contributed by atoms with E-state index in [1.54, 1.807) is 30.8 Å². The van der Waals surface area contributed by atoms with Gasteiger partial charge in [0.05, 0.1) is 25.6 Å². The van der Waals surface area contributed by atoms with Crippen LogP contribution < -0.4 is 0 Å². The van der Waals surface area contributed by atoms with Gasteiger partial charge in [0, 0.05) is 25.5 Å². The van der Waals surface area contributed by atoms with Crippen LogP contribution in [-0.4, -0.2) is 57.5 Å². The Kier molecular flexibility index (Phi) is 4.16. The quantitative estimate of drug-likeness (QED) is 0.824. The monoisotopic (exact) mass is 353 g/mol. The molecule has 4 heterocycles. The molecule has 136 valence electrons. The Morgan fingerprint density at radius 2 is 2.04 bits per heavy atom. The fourth-order valence-corrected chi connectivity index (χ4v) is 3.65. The molecule has 0 saturated carbocycles. The zero-order valence-corrected chi connectivity index (χ0v) is 15.3. The predicted molar refractivity (Wildman–Crippen MR) is 96.5 cm³/mol. The Balaban J connectivity index is 1.82. The first-order chi connectivity index (χ1) is 12.6. The van der Waals surface area contributed by atoms with E-state index in [1.807, 2.05) is 17.0 Å². The number of hydrogen-bond acceptors (Lipinski definition) is 6. The van der Waals surface area contributed by atoms with Gasteiger partial charge in [-0.1, -0.05) is 5.57 Å². The Labute approximate surface area is 153 Å². The van der Waals surface area contributed by atoms with Gasteiger partial charge in [-0.2, -0.15) is 0 Å². The molecule has 0 spiro atoms. The molecule has 0 aliphatic carbocycles. The van der Waals surface area contributed by atoms with E-state index in [-0.39, 0.29) is 5.91 Å². The number of allylic oxidation sites excluding steroid dienone is 1. The van der Waals surface area contributed by atoms with Crippen LogP contribution in [-0.2, 0) is 16.2 Å². The van der Waals surface area contributed by atoms with E-state index in [4.69, 9.17) is 4.84 Å². The Bertz CT molecular complexity index is 814. The van der Waals surface area contributed by atoms with Crippen molar-refractivity contribution in [2.45, 2.75) is 20.4 Å². The van der Waals surface area contributed by atoms with Gasteiger partial charge < -0.3 is 4.90 Å². The highest BCUT2D eigenvalue weighted by atomic mass is 16.7. The summed E-state index contributed by atoms with van der Waals surface area (Å²) in [7, 11) is 1.62. The molecule has 0 fully saturated rings. The Hall–Kier alpha value is -2.80. The van der Waals surface area contributed by atoms with Gasteiger partial charge in [0.1, 0.15) is 18.2 Å². The molecule has 26 heavy (non-hydrogen) atoms. The second kappa shape index (κ2) is 6.49. The van der Waals surface area contributed by atoms with E-state index in [0.717, 1.165) is 30.2 Å². The molecule has 0 atom stereocenters. The van der Waals surface area contributed by atoms with Gasteiger partial charge in [0.15, 0.2) is 0 Å². The molecule has 3 aliphatic rings. The molecule has 4 rings (SSSR count). The van der Waals surface area contributed by atoms with Gasteiger partial charge in [-0.05, 0) is 37.6 Å². The summed E-state index contributed by atoms with van der Waals surface area (Å²) in [4.78, 5) is 28.9. The maximum atomic E-state index is 13.3. The standard InChI is InChI=1S/C19H23N5O2/c1-4-21-10-14(2)9-16-18(21)24-13-22(26-3)12-17(24)19(25)23(16)11-15-5-7-20-8-6-15/h5-9,12H,4,10-11,13H2,1-3H3. The summed E-state index contributed by atoms with van der Waals surface area (Å²) in [5.41, 5.74) is 3.89. The van der Waals surface area contributed by atoms with Crippen molar-refractivity contribution in [2.75, 3.05) is 26.9 Å². The van der Waals surface area contributed by atoms with Crippen molar-refractivity contribution in [3.05, 3.63) is 65.2 Å². The maximum absolute atomic E-state index is 13.3. The first kappa shape index (κ1) is 16.7. The number of amides is 1. The summed E-state index contributed by atoms with van der Waals surface area (Å²) >= 11 is 0. The first-order valence-electron chi connectivity index (χ1n) is 8.79. The number of likely N-dealkylation sites (N-methyl/N-ethyl adjacent to an activating group) is 1. The van der Waals surface area contributed by atoms with Crippen molar-refractivity contribution in [2.24, 2.45) is 0 Å². The minimum absolute atomic E-state index is 0.0119. The van der Waals surface area contributed by atoms with Crippen molar-refractivity contribution in [3.63, 3.8) is 0 Å². The average molecular weight is 353 g/mol. The number of carbonyl (C=O) groups is 1. The first-order valence-corrected chi connectivity index (χ1v) is 8.79. The van der Waals surface area contributed by atoms with Crippen molar-refractivity contribution >= 4 is 5.91 Å². The fourth-order valence-electron chi connectivity index (χ4n) is 3.65. The Morgan fingerprint density at radius 1 is 1.27 bits per heavy atom. The van der Waals surface area contributed by atoms with Crippen LogP contribution in [0.5, 0.6) is 0 Å². The summed E-state index contributed by atoms with van der Waals surface area (Å²) in [5, 5.41) is 1.69. The van der Waals surface area contributed by atoms with E-state index < -0.39 is 0 Å². The molecule has 7 heteroatoms. The molecule has 1 aromatic heterocycles. The lowest BCUT2D eigenvalue weighted by Gasteiger charge is -2.44. The highest BCUT2D eigenvalue weighted by molar-refractivity contribution is 5.96. The zero-order valence-electron chi connectivity index (χ0n) is 15.3. The third-order valence-corrected chi connectivity index (χ3v) is 4.91. The molecule has 1 amide bonds. The minimum Gasteiger partial charge on any atom is -0.352 e. The van der Waals surface area contributed by atoms with Gasteiger partial charge in [-0.15, -0.1) is 0 Å². The van der Waals surface area contributed by atoms with Gasteiger partial charge >= 0.3 is 0 Å². The van der Waals surface area contributed by atoms with Crippen molar-refractivity contribution in [3.8, 4) is 0 Å². The van der Waals surface area contributed by atoms with E-state index >= 15 is 0 Å². The van der Waals surface area contributed by atoms with Gasteiger partial charge in [0.25, 0.3) is 5.91 Å². The molecule has 1 aromatic rings. The summed E-state index contributed by atoms with van der Waals surface area (Å²) in [6.07, 6.45) is 7.43. The summed E-state index contributed by atoms with van der Waals surface area (Å²) in [6, 6.07) is 3.89. The topological polar surface area (TPSA) is 52.2 Å². The largest absolute Gasteiger partial charge is 0.352 e. The van der Waals surface area contributed by atoms with Crippen molar-refractivity contribution in [1.29, 1.82) is 0 Å². The summed E-state index contributed by atoms with van der Waals surface area (Å²) in [6.45, 7) is 7.02. The van der Waals surface area contributed by atoms with Crippen LogP contribution >= 0.6 is 0 Å². The molecular formula is C19H23N5O2. The van der Waals surface area contributed by atoms with E-state index in [9.17, 15) is 4.79 Å². The fraction of sp³-hybridized carbons (Fsp3) is 0.368. The van der Waals surface area contributed by atoms with Crippen LogP contribution in [0.4, 0.5) is 0 Å². The van der Waals surface area contributed by atoms with Crippen molar-refractivity contribution in [1.82, 2.24) is 24.7 Å². The second-order valence-electron chi connectivity index (χ2n) is 6.64. The molecular weight excluding hydrogens is 330 g/mol. The van der Waals surface area contributed by atoms with Crippen LogP contribution in [0, 0.1) is 0 Å². The number of carbonyl (C=O) groups excluding carboxylic acids is 1. The predicted octanol–water partition coefficient (Wildman–Crippen LogP) is 1.85. The molecule has 0 saturated heterocycles. The number of pyridine rings is 1. The van der Waals surface area contributed by atoms with E-state index in [0.29, 0.717) is 18.9 Å². The molecule has 0 bridgehead atoms. The lowest BCUT2D eigenvalue weighted by molar-refractivity contribution is -0.129. The van der Waals surface area contributed by atoms with Gasteiger partial charge in [0.2, 0.25) is 0 Å².